The average Bonchev–Trinajstić information content (AvgIpc) is 2.63. The van der Waals surface area contributed by atoms with Crippen LogP contribution in [0, 0.1) is 0 Å². The van der Waals surface area contributed by atoms with E-state index in [0.29, 0.717) is 12.3 Å². The minimum absolute atomic E-state index is 0.0385. The summed E-state index contributed by atoms with van der Waals surface area (Å²) < 4.78 is 0. The fourth-order valence-electron chi connectivity index (χ4n) is 4.54. The largest absolute Gasteiger partial charge is 0.391 e. The fourth-order valence-corrected chi connectivity index (χ4v) is 4.54. The van der Waals surface area contributed by atoms with E-state index >= 15 is 0 Å². The normalized spacial score (nSPS) is 28.5. The standard InChI is InChI=1S/C21H26N2O/c22-20-18-9-5-4-8-17(18)14-19(24)21(20)23-12-10-16(11-13-23)15-6-2-1-3-7-15/h1-9,16,19-21,24H,10-14,22H2. The van der Waals surface area contributed by atoms with Gasteiger partial charge in [-0.15, -0.1) is 0 Å². The molecule has 4 rings (SSSR count). The van der Waals surface area contributed by atoms with Gasteiger partial charge in [-0.2, -0.15) is 0 Å². The highest BCUT2D eigenvalue weighted by molar-refractivity contribution is 5.35. The van der Waals surface area contributed by atoms with E-state index in [0.717, 1.165) is 25.9 Å². The van der Waals surface area contributed by atoms with Crippen molar-refractivity contribution in [3.05, 3.63) is 71.3 Å². The predicted molar refractivity (Wildman–Crippen MR) is 96.9 cm³/mol. The molecule has 0 amide bonds. The minimum atomic E-state index is -0.372. The van der Waals surface area contributed by atoms with E-state index < -0.39 is 0 Å². The third kappa shape index (κ3) is 2.88. The second-order valence-corrected chi connectivity index (χ2v) is 7.21. The van der Waals surface area contributed by atoms with Crippen LogP contribution in [0.5, 0.6) is 0 Å². The summed E-state index contributed by atoms with van der Waals surface area (Å²) in [6, 6.07) is 19.0. The molecule has 2 aromatic carbocycles. The maximum atomic E-state index is 10.7. The monoisotopic (exact) mass is 322 g/mol. The van der Waals surface area contributed by atoms with E-state index in [1.54, 1.807) is 0 Å². The molecule has 0 radical (unpaired) electrons. The maximum absolute atomic E-state index is 10.7. The van der Waals surface area contributed by atoms with Crippen molar-refractivity contribution in [2.45, 2.75) is 43.4 Å². The molecule has 3 heteroatoms. The molecule has 3 nitrogen and oxygen atoms in total. The Morgan fingerprint density at radius 3 is 2.33 bits per heavy atom. The van der Waals surface area contributed by atoms with E-state index in [-0.39, 0.29) is 18.2 Å². The highest BCUT2D eigenvalue weighted by atomic mass is 16.3. The number of likely N-dealkylation sites (tertiary alicyclic amines) is 1. The van der Waals surface area contributed by atoms with Gasteiger partial charge in [0.25, 0.3) is 0 Å². The Labute approximate surface area is 144 Å². The van der Waals surface area contributed by atoms with Gasteiger partial charge in [-0.3, -0.25) is 4.90 Å². The van der Waals surface area contributed by atoms with Crippen LogP contribution in [-0.4, -0.2) is 35.2 Å². The number of nitrogens with zero attached hydrogens (tertiary/aromatic N) is 1. The van der Waals surface area contributed by atoms with Crippen molar-refractivity contribution in [1.29, 1.82) is 0 Å². The van der Waals surface area contributed by atoms with Gasteiger partial charge in [0, 0.05) is 12.5 Å². The molecule has 0 spiro atoms. The summed E-state index contributed by atoms with van der Waals surface area (Å²) in [7, 11) is 0. The average molecular weight is 322 g/mol. The van der Waals surface area contributed by atoms with Crippen LogP contribution in [0.2, 0.25) is 0 Å². The number of hydrogen-bond acceptors (Lipinski definition) is 3. The van der Waals surface area contributed by atoms with Crippen LogP contribution in [0.4, 0.5) is 0 Å². The molecule has 0 saturated carbocycles. The van der Waals surface area contributed by atoms with Gasteiger partial charge in [0.1, 0.15) is 0 Å². The minimum Gasteiger partial charge on any atom is -0.391 e. The number of aliphatic hydroxyl groups is 1. The number of aliphatic hydroxyl groups excluding tert-OH is 1. The molecular formula is C21H26N2O. The number of hydrogen-bond donors (Lipinski definition) is 2. The van der Waals surface area contributed by atoms with Crippen molar-refractivity contribution < 1.29 is 5.11 Å². The van der Waals surface area contributed by atoms with Gasteiger partial charge in [0.15, 0.2) is 0 Å². The smallest absolute Gasteiger partial charge is 0.0754 e. The molecule has 3 unspecified atom stereocenters. The number of benzene rings is 2. The molecule has 1 aliphatic heterocycles. The lowest BCUT2D eigenvalue weighted by Crippen LogP contribution is -2.55. The molecular weight excluding hydrogens is 296 g/mol. The highest BCUT2D eigenvalue weighted by Gasteiger charge is 2.38. The summed E-state index contributed by atoms with van der Waals surface area (Å²) in [5, 5.41) is 10.7. The van der Waals surface area contributed by atoms with Crippen LogP contribution in [0.15, 0.2) is 54.6 Å². The van der Waals surface area contributed by atoms with E-state index in [9.17, 15) is 5.11 Å². The first kappa shape index (κ1) is 15.8. The van der Waals surface area contributed by atoms with Crippen LogP contribution in [0.3, 0.4) is 0 Å². The summed E-state index contributed by atoms with van der Waals surface area (Å²) in [5.74, 6) is 0.631. The third-order valence-electron chi connectivity index (χ3n) is 5.83. The second-order valence-electron chi connectivity index (χ2n) is 7.21. The Bertz CT molecular complexity index is 679. The van der Waals surface area contributed by atoms with Crippen LogP contribution in [0.1, 0.15) is 41.5 Å². The molecule has 1 heterocycles. The first-order chi connectivity index (χ1) is 11.7. The molecule has 0 aromatic heterocycles. The molecule has 24 heavy (non-hydrogen) atoms. The zero-order valence-electron chi connectivity index (χ0n) is 14.0. The number of fused-ring (bicyclic) bond motifs is 1. The number of rotatable bonds is 2. The summed E-state index contributed by atoms with van der Waals surface area (Å²) in [6.07, 6.45) is 2.62. The molecule has 3 N–H and O–H groups in total. The highest BCUT2D eigenvalue weighted by Crippen LogP contribution is 2.35. The zero-order valence-corrected chi connectivity index (χ0v) is 14.0. The molecule has 1 fully saturated rings. The molecule has 0 bridgehead atoms. The van der Waals surface area contributed by atoms with Gasteiger partial charge in [0.05, 0.1) is 12.1 Å². The van der Waals surface area contributed by atoms with E-state index in [1.807, 2.05) is 6.07 Å². The van der Waals surface area contributed by atoms with Crippen molar-refractivity contribution in [1.82, 2.24) is 4.90 Å². The fraction of sp³-hybridized carbons (Fsp3) is 0.429. The van der Waals surface area contributed by atoms with Gasteiger partial charge in [0.2, 0.25) is 0 Å². The first-order valence-corrected chi connectivity index (χ1v) is 9.04. The molecule has 3 atom stereocenters. The molecule has 1 saturated heterocycles. The Kier molecular flexibility index (Phi) is 4.40. The quantitative estimate of drug-likeness (QED) is 0.894. The molecule has 1 aliphatic carbocycles. The van der Waals surface area contributed by atoms with Crippen molar-refractivity contribution in [2.24, 2.45) is 5.73 Å². The summed E-state index contributed by atoms with van der Waals surface area (Å²) >= 11 is 0. The third-order valence-corrected chi connectivity index (χ3v) is 5.83. The van der Waals surface area contributed by atoms with Crippen molar-refractivity contribution in [3.8, 4) is 0 Å². The van der Waals surface area contributed by atoms with Crippen molar-refractivity contribution >= 4 is 0 Å². The van der Waals surface area contributed by atoms with Crippen LogP contribution < -0.4 is 5.73 Å². The van der Waals surface area contributed by atoms with Gasteiger partial charge in [-0.1, -0.05) is 54.6 Å². The van der Waals surface area contributed by atoms with Crippen LogP contribution in [0.25, 0.3) is 0 Å². The topological polar surface area (TPSA) is 49.5 Å². The second kappa shape index (κ2) is 6.67. The lowest BCUT2D eigenvalue weighted by molar-refractivity contribution is 0.0145. The van der Waals surface area contributed by atoms with Crippen LogP contribution in [-0.2, 0) is 6.42 Å². The Hall–Kier alpha value is -1.68. The SMILES string of the molecule is NC1c2ccccc2CC(O)C1N1CCC(c2ccccc2)CC1. The summed E-state index contributed by atoms with van der Waals surface area (Å²) in [6.45, 7) is 2.02. The van der Waals surface area contributed by atoms with Gasteiger partial charge >= 0.3 is 0 Å². The summed E-state index contributed by atoms with van der Waals surface area (Å²) in [5.41, 5.74) is 10.4. The molecule has 2 aliphatic rings. The molecule has 2 aromatic rings. The first-order valence-electron chi connectivity index (χ1n) is 9.04. The van der Waals surface area contributed by atoms with Crippen molar-refractivity contribution in [2.75, 3.05) is 13.1 Å². The van der Waals surface area contributed by atoms with Gasteiger partial charge in [-0.05, 0) is 48.5 Å². The lowest BCUT2D eigenvalue weighted by atomic mass is 9.80. The van der Waals surface area contributed by atoms with E-state index in [2.05, 4.69) is 53.4 Å². The maximum Gasteiger partial charge on any atom is 0.0754 e. The molecule has 126 valence electrons. The Morgan fingerprint density at radius 2 is 1.58 bits per heavy atom. The summed E-state index contributed by atoms with van der Waals surface area (Å²) in [4.78, 5) is 2.42. The van der Waals surface area contributed by atoms with E-state index in [1.165, 1.54) is 16.7 Å². The van der Waals surface area contributed by atoms with Gasteiger partial charge in [-0.25, -0.2) is 0 Å². The zero-order chi connectivity index (χ0) is 16.5. The predicted octanol–water partition coefficient (Wildman–Crippen LogP) is 2.85. The Morgan fingerprint density at radius 1 is 0.917 bits per heavy atom. The van der Waals surface area contributed by atoms with E-state index in [4.69, 9.17) is 5.73 Å². The number of piperidine rings is 1. The van der Waals surface area contributed by atoms with Crippen molar-refractivity contribution in [3.63, 3.8) is 0 Å². The van der Waals surface area contributed by atoms with Crippen LogP contribution >= 0.6 is 0 Å². The lowest BCUT2D eigenvalue weighted by Gasteiger charge is -2.45. The number of nitrogens with two attached hydrogens (primary N) is 1. The Balaban J connectivity index is 1.48. The van der Waals surface area contributed by atoms with Gasteiger partial charge < -0.3 is 10.8 Å².